The Hall–Kier alpha value is -3.58. The molecule has 1 N–H and O–H groups in total. The number of likely N-dealkylation sites (tertiary alicyclic amines) is 1. The molecule has 1 aliphatic rings. The lowest BCUT2D eigenvalue weighted by Gasteiger charge is -2.39. The maximum absolute atomic E-state index is 13.3. The number of hydrogen-bond donors (Lipinski definition) is 1. The highest BCUT2D eigenvalue weighted by Crippen LogP contribution is 2.31. The molecule has 2 heterocycles. The van der Waals surface area contributed by atoms with Crippen LogP contribution in [0.25, 0.3) is 0 Å². The number of carbonyl (C=O) groups excluding carboxylic acids is 2. The Morgan fingerprint density at radius 2 is 1.85 bits per heavy atom. The van der Waals surface area contributed by atoms with Gasteiger partial charge in [-0.15, -0.1) is 0 Å². The SMILES string of the molecule is COc1ccc(C(=O)N2CC[C@H](NC(=O)c3ccccc3Cl)[C@@H](c3cccnc3)C2)cc1OC. The molecule has 1 fully saturated rings. The molecule has 3 aromatic rings. The topological polar surface area (TPSA) is 80.8 Å². The number of benzene rings is 2. The van der Waals surface area contributed by atoms with E-state index < -0.39 is 0 Å². The summed E-state index contributed by atoms with van der Waals surface area (Å²) in [7, 11) is 3.09. The van der Waals surface area contributed by atoms with Crippen molar-refractivity contribution in [1.29, 1.82) is 0 Å². The molecule has 7 nitrogen and oxygen atoms in total. The first-order chi connectivity index (χ1) is 16.5. The Kier molecular flexibility index (Phi) is 7.33. The summed E-state index contributed by atoms with van der Waals surface area (Å²) in [6.45, 7) is 0.934. The molecule has 4 rings (SSSR count). The number of nitrogens with one attached hydrogen (secondary N) is 1. The first-order valence-electron chi connectivity index (χ1n) is 11.0. The third kappa shape index (κ3) is 4.99. The van der Waals surface area contributed by atoms with Crippen LogP contribution in [-0.2, 0) is 0 Å². The summed E-state index contributed by atoms with van der Waals surface area (Å²) < 4.78 is 10.6. The monoisotopic (exact) mass is 479 g/mol. The van der Waals surface area contributed by atoms with Crippen LogP contribution >= 0.6 is 11.6 Å². The lowest BCUT2D eigenvalue weighted by molar-refractivity contribution is 0.0671. The Morgan fingerprint density at radius 1 is 1.06 bits per heavy atom. The minimum absolute atomic E-state index is 0.106. The molecule has 0 spiro atoms. The summed E-state index contributed by atoms with van der Waals surface area (Å²) in [4.78, 5) is 32.4. The van der Waals surface area contributed by atoms with Gasteiger partial charge in [0.25, 0.3) is 11.8 Å². The van der Waals surface area contributed by atoms with Gasteiger partial charge in [-0.3, -0.25) is 14.6 Å². The summed E-state index contributed by atoms with van der Waals surface area (Å²) in [5, 5.41) is 3.53. The fraction of sp³-hybridized carbons (Fsp3) is 0.269. The van der Waals surface area contributed by atoms with E-state index in [1.54, 1.807) is 66.9 Å². The van der Waals surface area contributed by atoms with E-state index >= 15 is 0 Å². The quantitative estimate of drug-likeness (QED) is 0.573. The molecule has 2 amide bonds. The van der Waals surface area contributed by atoms with E-state index in [4.69, 9.17) is 21.1 Å². The number of ether oxygens (including phenoxy) is 2. The van der Waals surface area contributed by atoms with Crippen LogP contribution in [0.1, 0.15) is 38.6 Å². The lowest BCUT2D eigenvalue weighted by Crippen LogP contribution is -2.51. The van der Waals surface area contributed by atoms with Crippen LogP contribution in [-0.4, -0.2) is 55.0 Å². The van der Waals surface area contributed by atoms with Gasteiger partial charge in [0.1, 0.15) is 0 Å². The number of methoxy groups -OCH3 is 2. The minimum atomic E-state index is -0.232. The van der Waals surface area contributed by atoms with Crippen molar-refractivity contribution in [2.24, 2.45) is 0 Å². The van der Waals surface area contributed by atoms with Gasteiger partial charge in [0.2, 0.25) is 0 Å². The van der Waals surface area contributed by atoms with E-state index in [1.807, 2.05) is 12.1 Å². The number of carbonyl (C=O) groups is 2. The van der Waals surface area contributed by atoms with Crippen molar-refractivity contribution < 1.29 is 19.1 Å². The number of halogens is 1. The first-order valence-corrected chi connectivity index (χ1v) is 11.4. The van der Waals surface area contributed by atoms with Crippen LogP contribution in [0.15, 0.2) is 67.0 Å². The fourth-order valence-corrected chi connectivity index (χ4v) is 4.51. The predicted octanol–water partition coefficient (Wildman–Crippen LogP) is 4.18. The number of amides is 2. The zero-order valence-electron chi connectivity index (χ0n) is 19.0. The molecule has 0 unspecified atom stereocenters. The highest BCUT2D eigenvalue weighted by molar-refractivity contribution is 6.33. The van der Waals surface area contributed by atoms with Gasteiger partial charge in [0, 0.05) is 43.0 Å². The zero-order chi connectivity index (χ0) is 24.1. The van der Waals surface area contributed by atoms with Gasteiger partial charge in [0.05, 0.1) is 24.8 Å². The zero-order valence-corrected chi connectivity index (χ0v) is 19.8. The average molecular weight is 480 g/mol. The van der Waals surface area contributed by atoms with E-state index in [0.29, 0.717) is 47.2 Å². The number of rotatable bonds is 6. The van der Waals surface area contributed by atoms with E-state index in [1.165, 1.54) is 7.11 Å². The summed E-state index contributed by atoms with van der Waals surface area (Å²) in [6, 6.07) is 15.8. The predicted molar refractivity (Wildman–Crippen MR) is 130 cm³/mol. The Balaban J connectivity index is 1.56. The smallest absolute Gasteiger partial charge is 0.254 e. The average Bonchev–Trinajstić information content (AvgIpc) is 2.88. The van der Waals surface area contributed by atoms with Crippen LogP contribution in [0.3, 0.4) is 0 Å². The van der Waals surface area contributed by atoms with Crippen molar-refractivity contribution in [3.05, 3.63) is 88.7 Å². The molecule has 0 aliphatic carbocycles. The largest absolute Gasteiger partial charge is 0.493 e. The molecule has 0 bridgehead atoms. The van der Waals surface area contributed by atoms with Crippen molar-refractivity contribution >= 4 is 23.4 Å². The molecule has 1 aliphatic heterocycles. The second-order valence-corrected chi connectivity index (χ2v) is 8.47. The van der Waals surface area contributed by atoms with Crippen molar-refractivity contribution in [3.63, 3.8) is 0 Å². The summed E-state index contributed by atoms with van der Waals surface area (Å²) in [5.41, 5.74) is 1.90. The van der Waals surface area contributed by atoms with Gasteiger partial charge in [-0.25, -0.2) is 0 Å². The molecule has 176 valence electrons. The Morgan fingerprint density at radius 3 is 2.56 bits per heavy atom. The molecule has 8 heteroatoms. The fourth-order valence-electron chi connectivity index (χ4n) is 4.29. The molecule has 0 radical (unpaired) electrons. The summed E-state index contributed by atoms with van der Waals surface area (Å²) >= 11 is 6.23. The third-order valence-electron chi connectivity index (χ3n) is 6.08. The number of hydrogen-bond acceptors (Lipinski definition) is 5. The Labute approximate surface area is 203 Å². The molecule has 1 aromatic heterocycles. The normalized spacial score (nSPS) is 17.7. The number of pyridine rings is 1. The van der Waals surface area contributed by atoms with Gasteiger partial charge in [-0.2, -0.15) is 0 Å². The highest BCUT2D eigenvalue weighted by atomic mass is 35.5. The lowest BCUT2D eigenvalue weighted by atomic mass is 9.86. The van der Waals surface area contributed by atoms with Crippen LogP contribution < -0.4 is 14.8 Å². The van der Waals surface area contributed by atoms with Crippen LogP contribution in [0.2, 0.25) is 5.02 Å². The number of piperidine rings is 1. The summed E-state index contributed by atoms with van der Waals surface area (Å²) in [6.07, 6.45) is 4.08. The standard InChI is InChI=1S/C26H26ClN3O4/c1-33-23-10-9-17(14-24(23)34-2)26(32)30-13-11-22(20(16-30)18-6-5-12-28-15-18)29-25(31)19-7-3-4-8-21(19)27/h3-10,12,14-15,20,22H,11,13,16H2,1-2H3,(H,29,31)/t20-,22+/m1/s1. The van der Waals surface area contributed by atoms with Gasteiger partial charge >= 0.3 is 0 Å². The molecule has 2 aromatic carbocycles. The maximum Gasteiger partial charge on any atom is 0.254 e. The highest BCUT2D eigenvalue weighted by Gasteiger charge is 2.34. The molecule has 1 saturated heterocycles. The number of aromatic nitrogens is 1. The Bertz CT molecular complexity index is 1170. The molecule has 2 atom stereocenters. The minimum Gasteiger partial charge on any atom is -0.493 e. The first kappa shape index (κ1) is 23.6. The van der Waals surface area contributed by atoms with E-state index in [9.17, 15) is 9.59 Å². The molecular weight excluding hydrogens is 454 g/mol. The van der Waals surface area contributed by atoms with Gasteiger partial charge in [0.15, 0.2) is 11.5 Å². The second kappa shape index (κ2) is 10.6. The van der Waals surface area contributed by atoms with E-state index in [0.717, 1.165) is 5.56 Å². The van der Waals surface area contributed by atoms with Crippen LogP contribution in [0.4, 0.5) is 0 Å². The third-order valence-corrected chi connectivity index (χ3v) is 6.41. The van der Waals surface area contributed by atoms with Crippen molar-refractivity contribution in [3.8, 4) is 11.5 Å². The molecule has 0 saturated carbocycles. The van der Waals surface area contributed by atoms with Gasteiger partial charge in [-0.05, 0) is 48.4 Å². The molecule has 34 heavy (non-hydrogen) atoms. The van der Waals surface area contributed by atoms with E-state index in [-0.39, 0.29) is 23.8 Å². The maximum atomic E-state index is 13.3. The van der Waals surface area contributed by atoms with Crippen molar-refractivity contribution in [1.82, 2.24) is 15.2 Å². The van der Waals surface area contributed by atoms with Gasteiger partial charge in [-0.1, -0.05) is 29.8 Å². The van der Waals surface area contributed by atoms with Crippen molar-refractivity contribution in [2.45, 2.75) is 18.4 Å². The second-order valence-electron chi connectivity index (χ2n) is 8.06. The molecular formula is C26H26ClN3O4. The van der Waals surface area contributed by atoms with Crippen molar-refractivity contribution in [2.75, 3.05) is 27.3 Å². The van der Waals surface area contributed by atoms with Crippen LogP contribution in [0.5, 0.6) is 11.5 Å². The number of nitrogens with zero attached hydrogens (tertiary/aromatic N) is 2. The van der Waals surface area contributed by atoms with Gasteiger partial charge < -0.3 is 19.7 Å². The van der Waals surface area contributed by atoms with Crippen LogP contribution in [0, 0.1) is 0 Å². The summed E-state index contributed by atoms with van der Waals surface area (Å²) in [5.74, 6) is 0.597. The van der Waals surface area contributed by atoms with E-state index in [2.05, 4.69) is 10.3 Å².